The maximum absolute atomic E-state index is 3.35. The molecule has 3 heteroatoms. The Balaban J connectivity index is 2.11. The molecular weight excluding hydrogens is 126 g/mol. The normalized spacial score (nSPS) is 26.1. The number of hydrazine groups is 1. The molecule has 0 aromatic rings. The van der Waals surface area contributed by atoms with Crippen molar-refractivity contribution >= 4 is 0 Å². The summed E-state index contributed by atoms with van der Waals surface area (Å²) in [5.74, 6) is 0.845. The van der Waals surface area contributed by atoms with Gasteiger partial charge in [0.25, 0.3) is 0 Å². The van der Waals surface area contributed by atoms with E-state index in [1.807, 2.05) is 7.05 Å². The van der Waals surface area contributed by atoms with Crippen molar-refractivity contribution in [2.75, 3.05) is 33.7 Å². The maximum Gasteiger partial charge on any atom is 0.0168 e. The van der Waals surface area contributed by atoms with Crippen molar-refractivity contribution in [3.63, 3.8) is 0 Å². The highest BCUT2D eigenvalue weighted by atomic mass is 15.5. The van der Waals surface area contributed by atoms with E-state index in [2.05, 4.69) is 22.8 Å². The second-order valence-corrected chi connectivity index (χ2v) is 2.96. The monoisotopic (exact) mass is 143 g/mol. The summed E-state index contributed by atoms with van der Waals surface area (Å²) in [5.41, 5.74) is 3.10. The first-order chi connectivity index (χ1) is 4.83. The summed E-state index contributed by atoms with van der Waals surface area (Å²) in [6.45, 7) is 3.54. The van der Waals surface area contributed by atoms with Gasteiger partial charge in [0.05, 0.1) is 0 Å². The van der Waals surface area contributed by atoms with Crippen LogP contribution in [0.4, 0.5) is 0 Å². The molecule has 0 saturated carbocycles. The Kier molecular flexibility index (Phi) is 3.12. The predicted octanol–water partition coefficient (Wildman–Crippen LogP) is -0.338. The molecule has 1 saturated heterocycles. The Morgan fingerprint density at radius 1 is 1.70 bits per heavy atom. The molecule has 0 bridgehead atoms. The minimum atomic E-state index is 0.845. The Hall–Kier alpha value is -0.120. The fourth-order valence-corrected chi connectivity index (χ4v) is 1.35. The third-order valence-corrected chi connectivity index (χ3v) is 2.08. The standard InChI is InChI=1S/C7H17N3/c1-8-10(2)6-7-3-4-9-5-7/h7-9H,3-6H2,1-2H3. The molecule has 0 aromatic heterocycles. The molecule has 0 radical (unpaired) electrons. The first-order valence-electron chi connectivity index (χ1n) is 3.92. The van der Waals surface area contributed by atoms with Gasteiger partial charge < -0.3 is 5.32 Å². The number of rotatable bonds is 3. The highest BCUT2D eigenvalue weighted by molar-refractivity contribution is 4.72. The van der Waals surface area contributed by atoms with Gasteiger partial charge in [-0.05, 0) is 32.5 Å². The van der Waals surface area contributed by atoms with Crippen molar-refractivity contribution in [1.29, 1.82) is 0 Å². The van der Waals surface area contributed by atoms with Gasteiger partial charge in [0.15, 0.2) is 0 Å². The molecule has 1 unspecified atom stereocenters. The average Bonchev–Trinajstić information content (AvgIpc) is 2.40. The van der Waals surface area contributed by atoms with Crippen LogP contribution in [0, 0.1) is 5.92 Å². The van der Waals surface area contributed by atoms with Crippen LogP contribution in [-0.2, 0) is 0 Å². The van der Waals surface area contributed by atoms with Crippen molar-refractivity contribution in [3.8, 4) is 0 Å². The molecule has 0 spiro atoms. The van der Waals surface area contributed by atoms with E-state index in [4.69, 9.17) is 0 Å². The van der Waals surface area contributed by atoms with Crippen LogP contribution in [0.5, 0.6) is 0 Å². The SMILES string of the molecule is CNN(C)CC1CCNC1. The highest BCUT2D eigenvalue weighted by Crippen LogP contribution is 2.06. The van der Waals surface area contributed by atoms with Gasteiger partial charge in [-0.1, -0.05) is 0 Å². The predicted molar refractivity (Wildman–Crippen MR) is 42.7 cm³/mol. The summed E-state index contributed by atoms with van der Waals surface area (Å²) in [6, 6.07) is 0. The van der Waals surface area contributed by atoms with E-state index in [1.165, 1.54) is 19.5 Å². The molecule has 0 aliphatic carbocycles. The average molecular weight is 143 g/mol. The van der Waals surface area contributed by atoms with Crippen LogP contribution in [0.15, 0.2) is 0 Å². The molecule has 2 N–H and O–H groups in total. The second-order valence-electron chi connectivity index (χ2n) is 2.96. The van der Waals surface area contributed by atoms with Crippen LogP contribution in [0.1, 0.15) is 6.42 Å². The lowest BCUT2D eigenvalue weighted by Gasteiger charge is -2.18. The lowest BCUT2D eigenvalue weighted by molar-refractivity contribution is 0.224. The third-order valence-electron chi connectivity index (χ3n) is 2.08. The molecule has 1 aliphatic rings. The van der Waals surface area contributed by atoms with E-state index < -0.39 is 0 Å². The quantitative estimate of drug-likeness (QED) is 0.529. The second kappa shape index (κ2) is 3.91. The maximum atomic E-state index is 3.35. The van der Waals surface area contributed by atoms with Crippen molar-refractivity contribution < 1.29 is 0 Å². The van der Waals surface area contributed by atoms with E-state index in [0.717, 1.165) is 12.5 Å². The van der Waals surface area contributed by atoms with Crippen molar-refractivity contribution in [1.82, 2.24) is 15.8 Å². The highest BCUT2D eigenvalue weighted by Gasteiger charge is 2.15. The summed E-state index contributed by atoms with van der Waals surface area (Å²) >= 11 is 0. The largest absolute Gasteiger partial charge is 0.316 e. The van der Waals surface area contributed by atoms with Gasteiger partial charge in [0.2, 0.25) is 0 Å². The molecule has 1 atom stereocenters. The fraction of sp³-hybridized carbons (Fsp3) is 1.00. The number of nitrogens with zero attached hydrogens (tertiary/aromatic N) is 1. The summed E-state index contributed by atoms with van der Waals surface area (Å²) in [6.07, 6.45) is 1.33. The summed E-state index contributed by atoms with van der Waals surface area (Å²) < 4.78 is 0. The van der Waals surface area contributed by atoms with Gasteiger partial charge in [-0.2, -0.15) is 0 Å². The zero-order chi connectivity index (χ0) is 7.40. The molecule has 1 aliphatic heterocycles. The number of nitrogens with one attached hydrogen (secondary N) is 2. The van der Waals surface area contributed by atoms with Gasteiger partial charge in [0, 0.05) is 13.6 Å². The van der Waals surface area contributed by atoms with E-state index in [1.54, 1.807) is 0 Å². The van der Waals surface area contributed by atoms with Crippen LogP contribution >= 0.6 is 0 Å². The summed E-state index contributed by atoms with van der Waals surface area (Å²) in [4.78, 5) is 0. The topological polar surface area (TPSA) is 27.3 Å². The number of hydrogen-bond donors (Lipinski definition) is 2. The first-order valence-corrected chi connectivity index (χ1v) is 3.92. The lowest BCUT2D eigenvalue weighted by Crippen LogP contribution is -2.35. The molecule has 60 valence electrons. The van der Waals surface area contributed by atoms with E-state index in [9.17, 15) is 0 Å². The van der Waals surface area contributed by atoms with Crippen LogP contribution in [-0.4, -0.2) is 38.7 Å². The van der Waals surface area contributed by atoms with Crippen LogP contribution in [0.2, 0.25) is 0 Å². The van der Waals surface area contributed by atoms with Crippen LogP contribution < -0.4 is 10.7 Å². The molecule has 0 aromatic carbocycles. The van der Waals surface area contributed by atoms with E-state index in [-0.39, 0.29) is 0 Å². The molecule has 1 fully saturated rings. The smallest absolute Gasteiger partial charge is 0.0168 e. The fourth-order valence-electron chi connectivity index (χ4n) is 1.35. The van der Waals surface area contributed by atoms with Gasteiger partial charge in [0.1, 0.15) is 0 Å². The van der Waals surface area contributed by atoms with Gasteiger partial charge in [-0.3, -0.25) is 5.43 Å². The molecule has 1 rings (SSSR count). The van der Waals surface area contributed by atoms with Crippen molar-refractivity contribution in [2.24, 2.45) is 5.92 Å². The first kappa shape index (κ1) is 7.98. The van der Waals surface area contributed by atoms with Crippen LogP contribution in [0.3, 0.4) is 0 Å². The van der Waals surface area contributed by atoms with Gasteiger partial charge >= 0.3 is 0 Å². The Labute approximate surface area is 62.8 Å². The van der Waals surface area contributed by atoms with E-state index in [0.29, 0.717) is 0 Å². The van der Waals surface area contributed by atoms with E-state index >= 15 is 0 Å². The zero-order valence-electron chi connectivity index (χ0n) is 6.85. The van der Waals surface area contributed by atoms with Crippen LogP contribution in [0.25, 0.3) is 0 Å². The molecular formula is C7H17N3. The Bertz CT molecular complexity index is 88.9. The molecule has 1 heterocycles. The third kappa shape index (κ3) is 2.25. The zero-order valence-corrected chi connectivity index (χ0v) is 6.85. The van der Waals surface area contributed by atoms with Gasteiger partial charge in [-0.25, -0.2) is 5.01 Å². The van der Waals surface area contributed by atoms with Crippen molar-refractivity contribution in [3.05, 3.63) is 0 Å². The van der Waals surface area contributed by atoms with Crippen molar-refractivity contribution in [2.45, 2.75) is 6.42 Å². The van der Waals surface area contributed by atoms with Gasteiger partial charge in [-0.15, -0.1) is 0 Å². The number of hydrogen-bond acceptors (Lipinski definition) is 3. The summed E-state index contributed by atoms with van der Waals surface area (Å²) in [7, 11) is 4.04. The summed E-state index contributed by atoms with van der Waals surface area (Å²) in [5, 5.41) is 5.48. The minimum Gasteiger partial charge on any atom is -0.316 e. The molecule has 0 amide bonds. The molecule has 10 heavy (non-hydrogen) atoms. The Morgan fingerprint density at radius 2 is 2.50 bits per heavy atom. The minimum absolute atomic E-state index is 0.845. The molecule has 3 nitrogen and oxygen atoms in total. The lowest BCUT2D eigenvalue weighted by atomic mass is 10.1. The Morgan fingerprint density at radius 3 is 3.00 bits per heavy atom.